The van der Waals surface area contributed by atoms with Crippen LogP contribution in [0.4, 0.5) is 0 Å². The maximum absolute atomic E-state index is 12.5. The second-order valence-electron chi connectivity index (χ2n) is 5.98. The minimum atomic E-state index is -0.348. The highest BCUT2D eigenvalue weighted by Gasteiger charge is 2.26. The van der Waals surface area contributed by atoms with Gasteiger partial charge < -0.3 is 10.4 Å². The zero-order valence-corrected chi connectivity index (χ0v) is 12.7. The van der Waals surface area contributed by atoms with Gasteiger partial charge in [-0.05, 0) is 25.8 Å². The number of hydrogen-bond acceptors (Lipinski definition) is 4. The summed E-state index contributed by atoms with van der Waals surface area (Å²) in [6.45, 7) is 2.21. The average molecular weight is 304 g/mol. The van der Waals surface area contributed by atoms with Crippen LogP contribution in [0.1, 0.15) is 35.3 Å². The first-order valence-electron chi connectivity index (χ1n) is 7.50. The second-order valence-corrected chi connectivity index (χ2v) is 5.98. The van der Waals surface area contributed by atoms with Crippen LogP contribution in [0.25, 0.3) is 11.0 Å². The van der Waals surface area contributed by atoms with E-state index in [2.05, 4.69) is 15.4 Å². The number of rotatable bonds is 3. The minimum absolute atomic E-state index is 0.0939. The van der Waals surface area contributed by atoms with Gasteiger partial charge in [-0.15, -0.1) is 0 Å². The maximum Gasteiger partial charge on any atom is 0.274 e. The third kappa shape index (κ3) is 2.52. The third-order valence-electron chi connectivity index (χ3n) is 4.33. The Hall–Kier alpha value is -2.15. The van der Waals surface area contributed by atoms with E-state index in [1.165, 1.54) is 4.68 Å². The van der Waals surface area contributed by atoms with Crippen molar-refractivity contribution in [1.82, 2.24) is 20.1 Å². The van der Waals surface area contributed by atoms with Crippen molar-refractivity contribution in [3.8, 4) is 0 Å². The lowest BCUT2D eigenvalue weighted by Gasteiger charge is -2.15. The van der Waals surface area contributed by atoms with Gasteiger partial charge in [-0.25, -0.2) is 4.98 Å². The molecule has 1 fully saturated rings. The molecular formula is C15H20N4O3. The van der Waals surface area contributed by atoms with E-state index in [1.807, 2.05) is 0 Å². The number of amides is 1. The van der Waals surface area contributed by atoms with E-state index >= 15 is 0 Å². The van der Waals surface area contributed by atoms with Crippen LogP contribution in [-0.2, 0) is 7.05 Å². The highest BCUT2D eigenvalue weighted by atomic mass is 16.3. The lowest BCUT2D eigenvalue weighted by Crippen LogP contribution is -2.33. The van der Waals surface area contributed by atoms with Gasteiger partial charge in [0.15, 0.2) is 5.65 Å². The van der Waals surface area contributed by atoms with Crippen LogP contribution < -0.4 is 10.9 Å². The van der Waals surface area contributed by atoms with Crippen molar-refractivity contribution < 1.29 is 9.90 Å². The molecular weight excluding hydrogens is 284 g/mol. The highest BCUT2D eigenvalue weighted by molar-refractivity contribution is 6.05. The number of nitrogens with zero attached hydrogens (tertiary/aromatic N) is 2. The Kier molecular flexibility index (Phi) is 3.74. The monoisotopic (exact) mass is 304 g/mol. The molecule has 1 aliphatic rings. The van der Waals surface area contributed by atoms with Gasteiger partial charge in [0.2, 0.25) is 0 Å². The Labute approximate surface area is 127 Å². The van der Waals surface area contributed by atoms with E-state index in [0.29, 0.717) is 28.8 Å². The first-order valence-corrected chi connectivity index (χ1v) is 7.50. The van der Waals surface area contributed by atoms with Crippen molar-refractivity contribution in [3.63, 3.8) is 0 Å². The Balaban J connectivity index is 1.89. The number of fused-ring (bicyclic) bond motifs is 1. The van der Waals surface area contributed by atoms with E-state index in [4.69, 9.17) is 0 Å². The van der Waals surface area contributed by atoms with Crippen LogP contribution >= 0.6 is 0 Å². The van der Waals surface area contributed by atoms with Crippen molar-refractivity contribution in [3.05, 3.63) is 27.7 Å². The van der Waals surface area contributed by atoms with Crippen LogP contribution in [-0.4, -0.2) is 38.4 Å². The van der Waals surface area contributed by atoms with Crippen molar-refractivity contribution in [2.45, 2.75) is 32.3 Å². The Morgan fingerprint density at radius 2 is 2.32 bits per heavy atom. The molecule has 7 nitrogen and oxygen atoms in total. The summed E-state index contributed by atoms with van der Waals surface area (Å²) in [6, 6.07) is 1.62. The molecule has 1 amide bonds. The van der Waals surface area contributed by atoms with Crippen molar-refractivity contribution in [2.75, 3.05) is 6.54 Å². The van der Waals surface area contributed by atoms with Crippen molar-refractivity contribution >= 4 is 16.9 Å². The fourth-order valence-corrected chi connectivity index (χ4v) is 3.14. The van der Waals surface area contributed by atoms with Crippen LogP contribution in [0.3, 0.4) is 0 Å². The lowest BCUT2D eigenvalue weighted by atomic mass is 10.1. The predicted molar refractivity (Wildman–Crippen MR) is 81.8 cm³/mol. The zero-order valence-electron chi connectivity index (χ0n) is 12.7. The number of carbonyl (C=O) groups is 1. The van der Waals surface area contributed by atoms with E-state index in [-0.39, 0.29) is 23.5 Å². The molecule has 3 rings (SSSR count). The van der Waals surface area contributed by atoms with Crippen LogP contribution in [0, 0.1) is 12.8 Å². The number of aryl methyl sites for hydroxylation is 2. The quantitative estimate of drug-likeness (QED) is 0.767. The molecule has 0 aromatic carbocycles. The van der Waals surface area contributed by atoms with Gasteiger partial charge in [-0.3, -0.25) is 19.4 Å². The fourth-order valence-electron chi connectivity index (χ4n) is 3.14. The number of aromatic nitrogens is 3. The summed E-state index contributed by atoms with van der Waals surface area (Å²) in [6.07, 6.45) is 2.34. The second kappa shape index (κ2) is 5.57. The van der Waals surface area contributed by atoms with E-state index in [0.717, 1.165) is 19.3 Å². The fraction of sp³-hybridized carbons (Fsp3) is 0.533. The normalized spacial score (nSPS) is 21.4. The van der Waals surface area contributed by atoms with Gasteiger partial charge in [0, 0.05) is 25.2 Å². The summed E-state index contributed by atoms with van der Waals surface area (Å²) in [5.74, 6) is -0.206. The molecule has 2 atom stereocenters. The SMILES string of the molecule is Cc1cc(C(=O)NCC2CCCC2O)c2c(=O)[nH]n(C)c2n1. The lowest BCUT2D eigenvalue weighted by molar-refractivity contribution is 0.0918. The topological polar surface area (TPSA) is 100 Å². The van der Waals surface area contributed by atoms with Gasteiger partial charge >= 0.3 is 0 Å². The summed E-state index contributed by atoms with van der Waals surface area (Å²) >= 11 is 0. The third-order valence-corrected chi connectivity index (χ3v) is 4.33. The van der Waals surface area contributed by atoms with Gasteiger partial charge in [0.05, 0.1) is 17.1 Å². The number of aliphatic hydroxyl groups is 1. The summed E-state index contributed by atoms with van der Waals surface area (Å²) < 4.78 is 1.52. The largest absolute Gasteiger partial charge is 0.393 e. The van der Waals surface area contributed by atoms with E-state index < -0.39 is 0 Å². The summed E-state index contributed by atoms with van der Waals surface area (Å²) in [7, 11) is 1.69. The molecule has 0 aliphatic heterocycles. The molecule has 0 spiro atoms. The van der Waals surface area contributed by atoms with E-state index in [1.54, 1.807) is 20.0 Å². The van der Waals surface area contributed by atoms with Gasteiger partial charge in [-0.2, -0.15) is 0 Å². The molecule has 1 saturated carbocycles. The average Bonchev–Trinajstić information content (AvgIpc) is 3.00. The van der Waals surface area contributed by atoms with Crippen LogP contribution in [0.15, 0.2) is 10.9 Å². The number of carbonyl (C=O) groups excluding carboxylic acids is 1. The smallest absolute Gasteiger partial charge is 0.274 e. The summed E-state index contributed by atoms with van der Waals surface area (Å²) in [5, 5.41) is 15.6. The molecule has 2 aromatic rings. The van der Waals surface area contributed by atoms with Crippen molar-refractivity contribution in [1.29, 1.82) is 0 Å². The number of nitrogens with one attached hydrogen (secondary N) is 2. The first-order chi connectivity index (χ1) is 10.5. The van der Waals surface area contributed by atoms with E-state index in [9.17, 15) is 14.7 Å². The molecule has 0 radical (unpaired) electrons. The summed E-state index contributed by atoms with van der Waals surface area (Å²) in [5.41, 5.74) is 1.15. The standard InChI is InChI=1S/C15H20N4O3/c1-8-6-10(12-13(17-8)19(2)18-15(12)22)14(21)16-7-9-4-3-5-11(9)20/h6,9,11,20H,3-5,7H2,1-2H3,(H,16,21)(H,18,22). The highest BCUT2D eigenvalue weighted by Crippen LogP contribution is 2.24. The zero-order chi connectivity index (χ0) is 15.9. The molecule has 2 unspecified atom stereocenters. The Morgan fingerprint density at radius 3 is 3.00 bits per heavy atom. The van der Waals surface area contributed by atoms with Gasteiger partial charge in [0.25, 0.3) is 11.5 Å². The molecule has 7 heteroatoms. The Bertz CT molecular complexity index is 777. The van der Waals surface area contributed by atoms with Gasteiger partial charge in [-0.1, -0.05) is 6.42 Å². The Morgan fingerprint density at radius 1 is 1.55 bits per heavy atom. The molecule has 3 N–H and O–H groups in total. The number of pyridine rings is 1. The number of aliphatic hydroxyl groups excluding tert-OH is 1. The van der Waals surface area contributed by atoms with Crippen molar-refractivity contribution in [2.24, 2.45) is 13.0 Å². The number of H-pyrrole nitrogens is 1. The predicted octanol–water partition coefficient (Wildman–Crippen LogP) is 0.461. The summed E-state index contributed by atoms with van der Waals surface area (Å²) in [4.78, 5) is 28.8. The van der Waals surface area contributed by atoms with Gasteiger partial charge in [0.1, 0.15) is 0 Å². The molecule has 22 heavy (non-hydrogen) atoms. The van der Waals surface area contributed by atoms with Crippen LogP contribution in [0.5, 0.6) is 0 Å². The molecule has 1 aliphatic carbocycles. The number of hydrogen-bond donors (Lipinski definition) is 3. The minimum Gasteiger partial charge on any atom is -0.393 e. The van der Waals surface area contributed by atoms with Crippen LogP contribution in [0.2, 0.25) is 0 Å². The molecule has 118 valence electrons. The number of aromatic amines is 1. The molecule has 2 aromatic heterocycles. The first kappa shape index (κ1) is 14.8. The molecule has 0 saturated heterocycles. The molecule has 2 heterocycles. The molecule has 0 bridgehead atoms. The maximum atomic E-state index is 12.5.